The van der Waals surface area contributed by atoms with Gasteiger partial charge in [-0.25, -0.2) is 9.78 Å². The molecular formula is C11H17NO2S2. The summed E-state index contributed by atoms with van der Waals surface area (Å²) in [6.07, 6.45) is 0. The van der Waals surface area contributed by atoms with Crippen LogP contribution in [0, 0.1) is 6.92 Å². The van der Waals surface area contributed by atoms with Gasteiger partial charge in [0.25, 0.3) is 0 Å². The van der Waals surface area contributed by atoms with Gasteiger partial charge in [-0.2, -0.15) is 0 Å². The Hall–Kier alpha value is -0.550. The van der Waals surface area contributed by atoms with Gasteiger partial charge in [0, 0.05) is 15.4 Å². The fourth-order valence-corrected chi connectivity index (χ4v) is 2.83. The van der Waals surface area contributed by atoms with Crippen LogP contribution in [0.15, 0.2) is 0 Å². The van der Waals surface area contributed by atoms with E-state index in [1.54, 1.807) is 11.3 Å². The topological polar surface area (TPSA) is 39.2 Å². The van der Waals surface area contributed by atoms with Gasteiger partial charge in [-0.05, 0) is 6.92 Å². The molecule has 0 N–H and O–H groups in total. The van der Waals surface area contributed by atoms with E-state index in [4.69, 9.17) is 0 Å². The smallest absolute Gasteiger partial charge is 0.357 e. The van der Waals surface area contributed by atoms with Crippen molar-refractivity contribution in [1.82, 2.24) is 4.98 Å². The lowest BCUT2D eigenvalue weighted by molar-refractivity contribution is 0.0594. The van der Waals surface area contributed by atoms with E-state index in [2.05, 4.69) is 30.5 Å². The maximum Gasteiger partial charge on any atom is 0.357 e. The van der Waals surface area contributed by atoms with E-state index in [0.717, 1.165) is 15.6 Å². The fourth-order valence-electron chi connectivity index (χ4n) is 1.08. The van der Waals surface area contributed by atoms with Crippen LogP contribution < -0.4 is 0 Å². The number of carbonyl (C=O) groups excluding carboxylic acids is 1. The number of carbonyl (C=O) groups is 1. The van der Waals surface area contributed by atoms with E-state index in [9.17, 15) is 4.79 Å². The van der Waals surface area contributed by atoms with E-state index >= 15 is 0 Å². The number of rotatable bonds is 3. The molecule has 3 nitrogen and oxygen atoms in total. The van der Waals surface area contributed by atoms with Crippen molar-refractivity contribution < 1.29 is 9.53 Å². The van der Waals surface area contributed by atoms with Crippen LogP contribution in [-0.2, 0) is 10.5 Å². The summed E-state index contributed by atoms with van der Waals surface area (Å²) in [5.41, 5.74) is 0.456. The van der Waals surface area contributed by atoms with E-state index in [0.29, 0.717) is 5.69 Å². The van der Waals surface area contributed by atoms with E-state index in [1.807, 2.05) is 18.7 Å². The van der Waals surface area contributed by atoms with Gasteiger partial charge in [-0.1, -0.05) is 20.8 Å². The Kier molecular flexibility index (Phi) is 4.38. The summed E-state index contributed by atoms with van der Waals surface area (Å²) in [4.78, 5) is 16.6. The van der Waals surface area contributed by atoms with Crippen LogP contribution in [0.1, 0.15) is 41.1 Å². The zero-order valence-electron chi connectivity index (χ0n) is 10.3. The number of thioether (sulfide) groups is 1. The molecule has 0 fully saturated rings. The Labute approximate surface area is 105 Å². The van der Waals surface area contributed by atoms with Crippen molar-refractivity contribution in [3.8, 4) is 0 Å². The number of nitrogens with zero attached hydrogens (tertiary/aromatic N) is 1. The molecule has 0 bridgehead atoms. The molecule has 0 aliphatic rings. The van der Waals surface area contributed by atoms with Crippen LogP contribution in [-0.4, -0.2) is 22.8 Å². The number of aryl methyl sites for hydroxylation is 1. The molecule has 0 saturated carbocycles. The average Bonchev–Trinajstić information content (AvgIpc) is 2.55. The number of thiazole rings is 1. The Morgan fingerprint density at radius 3 is 2.62 bits per heavy atom. The van der Waals surface area contributed by atoms with Crippen molar-refractivity contribution in [2.24, 2.45) is 0 Å². The van der Waals surface area contributed by atoms with Gasteiger partial charge in [-0.15, -0.1) is 23.1 Å². The summed E-state index contributed by atoms with van der Waals surface area (Å²) in [6, 6.07) is 0. The molecule has 1 aromatic rings. The van der Waals surface area contributed by atoms with Gasteiger partial charge in [0.15, 0.2) is 5.69 Å². The molecule has 1 rings (SSSR count). The zero-order chi connectivity index (χ0) is 12.3. The van der Waals surface area contributed by atoms with Crippen molar-refractivity contribution in [3.05, 3.63) is 15.6 Å². The van der Waals surface area contributed by atoms with Crippen molar-refractivity contribution in [1.29, 1.82) is 0 Å². The Morgan fingerprint density at radius 1 is 1.50 bits per heavy atom. The highest BCUT2D eigenvalue weighted by Crippen LogP contribution is 2.29. The number of esters is 1. The SMILES string of the molecule is COC(=O)c1nc(CSC(C)(C)C)sc1C. The molecule has 5 heteroatoms. The first-order chi connectivity index (χ1) is 7.33. The predicted molar refractivity (Wildman–Crippen MR) is 69.2 cm³/mol. The fraction of sp³-hybridized carbons (Fsp3) is 0.636. The molecule has 0 radical (unpaired) electrons. The second kappa shape index (κ2) is 5.19. The first-order valence-corrected chi connectivity index (χ1v) is 6.82. The Morgan fingerprint density at radius 2 is 2.12 bits per heavy atom. The molecule has 0 saturated heterocycles. The predicted octanol–water partition coefficient (Wildman–Crippen LogP) is 3.27. The highest BCUT2D eigenvalue weighted by molar-refractivity contribution is 7.99. The third kappa shape index (κ3) is 3.79. The number of methoxy groups -OCH3 is 1. The number of hydrogen-bond acceptors (Lipinski definition) is 5. The third-order valence-electron chi connectivity index (χ3n) is 1.85. The summed E-state index contributed by atoms with van der Waals surface area (Å²) in [7, 11) is 1.38. The second-order valence-corrected chi connectivity index (χ2v) is 7.49. The van der Waals surface area contributed by atoms with Gasteiger partial charge in [0.2, 0.25) is 0 Å². The van der Waals surface area contributed by atoms with E-state index in [-0.39, 0.29) is 10.7 Å². The maximum atomic E-state index is 11.4. The Bertz CT molecular complexity index is 380. The van der Waals surface area contributed by atoms with Crippen LogP contribution in [0.5, 0.6) is 0 Å². The van der Waals surface area contributed by atoms with Gasteiger partial charge < -0.3 is 4.74 Å². The molecule has 0 spiro atoms. The molecule has 0 amide bonds. The van der Waals surface area contributed by atoms with Crippen molar-refractivity contribution in [3.63, 3.8) is 0 Å². The van der Waals surface area contributed by atoms with E-state index < -0.39 is 0 Å². The summed E-state index contributed by atoms with van der Waals surface area (Å²) in [5, 5.41) is 0.984. The van der Waals surface area contributed by atoms with Gasteiger partial charge in [0.05, 0.1) is 7.11 Å². The van der Waals surface area contributed by atoms with Crippen molar-refractivity contribution >= 4 is 29.1 Å². The highest BCUT2D eigenvalue weighted by atomic mass is 32.2. The molecule has 1 aromatic heterocycles. The number of aromatic nitrogens is 1. The average molecular weight is 259 g/mol. The third-order valence-corrected chi connectivity index (χ3v) is 4.29. The molecule has 0 atom stereocenters. The second-order valence-electron chi connectivity index (χ2n) is 4.41. The molecular weight excluding hydrogens is 242 g/mol. The standard InChI is InChI=1S/C11H17NO2S2/c1-7-9(10(13)14-5)12-8(16-7)6-15-11(2,3)4/h6H2,1-5H3. The lowest BCUT2D eigenvalue weighted by Crippen LogP contribution is -2.07. The molecule has 90 valence electrons. The van der Waals surface area contributed by atoms with Crippen LogP contribution in [0.2, 0.25) is 0 Å². The minimum atomic E-state index is -0.347. The quantitative estimate of drug-likeness (QED) is 0.781. The van der Waals surface area contributed by atoms with Crippen LogP contribution in [0.4, 0.5) is 0 Å². The minimum Gasteiger partial charge on any atom is -0.464 e. The first-order valence-electron chi connectivity index (χ1n) is 5.02. The molecule has 0 aliphatic heterocycles. The van der Waals surface area contributed by atoms with Crippen LogP contribution >= 0.6 is 23.1 Å². The first kappa shape index (κ1) is 13.5. The lowest BCUT2D eigenvalue weighted by atomic mass is 10.3. The summed E-state index contributed by atoms with van der Waals surface area (Å²) < 4.78 is 4.89. The zero-order valence-corrected chi connectivity index (χ0v) is 11.9. The van der Waals surface area contributed by atoms with Crippen LogP contribution in [0.3, 0.4) is 0 Å². The molecule has 0 aliphatic carbocycles. The normalized spacial score (nSPS) is 11.6. The van der Waals surface area contributed by atoms with Crippen LogP contribution in [0.25, 0.3) is 0 Å². The van der Waals surface area contributed by atoms with E-state index in [1.165, 1.54) is 7.11 Å². The summed E-state index contributed by atoms with van der Waals surface area (Å²) in [6.45, 7) is 8.40. The summed E-state index contributed by atoms with van der Waals surface area (Å²) >= 11 is 3.39. The minimum absolute atomic E-state index is 0.213. The van der Waals surface area contributed by atoms with Gasteiger partial charge >= 0.3 is 5.97 Å². The number of hydrogen-bond donors (Lipinski definition) is 0. The molecule has 0 unspecified atom stereocenters. The van der Waals surface area contributed by atoms with Gasteiger partial charge in [-0.3, -0.25) is 0 Å². The van der Waals surface area contributed by atoms with Crippen molar-refractivity contribution in [2.75, 3.05) is 7.11 Å². The number of ether oxygens (including phenoxy) is 1. The monoisotopic (exact) mass is 259 g/mol. The largest absolute Gasteiger partial charge is 0.464 e. The maximum absolute atomic E-state index is 11.4. The molecule has 0 aromatic carbocycles. The highest BCUT2D eigenvalue weighted by Gasteiger charge is 2.17. The van der Waals surface area contributed by atoms with Gasteiger partial charge in [0.1, 0.15) is 5.01 Å². The molecule has 1 heterocycles. The summed E-state index contributed by atoms with van der Waals surface area (Å²) in [5.74, 6) is 0.493. The lowest BCUT2D eigenvalue weighted by Gasteiger charge is -2.16. The van der Waals surface area contributed by atoms with Crippen molar-refractivity contribution in [2.45, 2.75) is 38.2 Å². The Balaban J connectivity index is 2.74. The molecule has 16 heavy (non-hydrogen) atoms.